The number of alkyl carbamates (subject to hydrolysis) is 1. The van der Waals surface area contributed by atoms with Crippen molar-refractivity contribution in [3.05, 3.63) is 16.1 Å². The van der Waals surface area contributed by atoms with Gasteiger partial charge in [-0.3, -0.25) is 4.99 Å². The van der Waals surface area contributed by atoms with Gasteiger partial charge in [0.1, 0.15) is 10.6 Å². The second kappa shape index (κ2) is 10.2. The lowest BCUT2D eigenvalue weighted by molar-refractivity contribution is 0.0527. The summed E-state index contributed by atoms with van der Waals surface area (Å²) in [5.74, 6) is 1.17. The normalized spacial score (nSPS) is 12.2. The first-order valence-corrected chi connectivity index (χ1v) is 9.45. The zero-order chi connectivity index (χ0) is 18.9. The molecule has 1 aromatic rings. The maximum atomic E-state index is 11.5. The van der Waals surface area contributed by atoms with Crippen LogP contribution in [0.15, 0.2) is 10.4 Å². The van der Waals surface area contributed by atoms with Crippen molar-refractivity contribution in [1.29, 1.82) is 0 Å². The second-order valence-electron chi connectivity index (χ2n) is 6.96. The molecule has 0 aromatic carbocycles. The summed E-state index contributed by atoms with van der Waals surface area (Å²) in [7, 11) is 1.73. The molecule has 0 aliphatic rings. The minimum atomic E-state index is -0.473. The molecule has 0 aliphatic heterocycles. The minimum Gasteiger partial charge on any atom is -0.444 e. The molecule has 0 saturated heterocycles. The van der Waals surface area contributed by atoms with Gasteiger partial charge in [0.05, 0.1) is 12.2 Å². The van der Waals surface area contributed by atoms with E-state index < -0.39 is 5.60 Å². The Hall–Kier alpha value is -1.83. The van der Waals surface area contributed by atoms with Crippen LogP contribution in [-0.2, 0) is 11.3 Å². The van der Waals surface area contributed by atoms with E-state index in [0.29, 0.717) is 25.6 Å². The number of carbonyl (C=O) groups excluding carboxylic acids is 1. The van der Waals surface area contributed by atoms with E-state index in [1.54, 1.807) is 18.4 Å². The number of hydrogen-bond acceptors (Lipinski definition) is 5. The number of hydrogen-bond donors (Lipinski definition) is 3. The van der Waals surface area contributed by atoms with E-state index >= 15 is 0 Å². The summed E-state index contributed by atoms with van der Waals surface area (Å²) < 4.78 is 5.18. The Kier molecular flexibility index (Phi) is 8.68. The molecule has 8 heteroatoms. The molecule has 0 bridgehead atoms. The maximum Gasteiger partial charge on any atom is 0.407 e. The van der Waals surface area contributed by atoms with Gasteiger partial charge in [-0.2, -0.15) is 0 Å². The fourth-order valence-corrected chi connectivity index (χ4v) is 2.75. The smallest absolute Gasteiger partial charge is 0.407 e. The molecule has 3 N–H and O–H groups in total. The molecule has 0 atom stereocenters. The van der Waals surface area contributed by atoms with E-state index in [1.807, 2.05) is 20.8 Å². The minimum absolute atomic E-state index is 0.389. The number of amides is 1. The third kappa shape index (κ3) is 9.28. The van der Waals surface area contributed by atoms with E-state index in [1.165, 1.54) is 0 Å². The number of thiazole rings is 1. The quantitative estimate of drug-likeness (QED) is 0.391. The van der Waals surface area contributed by atoms with Gasteiger partial charge >= 0.3 is 6.09 Å². The van der Waals surface area contributed by atoms with Gasteiger partial charge in [-0.25, -0.2) is 9.78 Å². The number of guanidine groups is 1. The van der Waals surface area contributed by atoms with Crippen LogP contribution in [0.5, 0.6) is 0 Å². The topological polar surface area (TPSA) is 87.6 Å². The predicted molar refractivity (Wildman–Crippen MR) is 103 cm³/mol. The van der Waals surface area contributed by atoms with Gasteiger partial charge in [-0.05, 0) is 33.1 Å². The molecule has 1 amide bonds. The second-order valence-corrected chi connectivity index (χ2v) is 7.90. The molecule has 0 aliphatic carbocycles. The van der Waals surface area contributed by atoms with E-state index in [2.05, 4.69) is 45.2 Å². The molecule has 1 heterocycles. The van der Waals surface area contributed by atoms with Crippen LogP contribution in [0.3, 0.4) is 0 Å². The van der Waals surface area contributed by atoms with Crippen LogP contribution in [0.25, 0.3) is 0 Å². The standard InChI is InChI=1S/C17H31N5O2S/c1-12(2)13-11-25-14(22-13)10-21-15(18-6)19-8-7-9-20-16(23)24-17(3,4)5/h11-12H,7-10H2,1-6H3,(H,20,23)(H2,18,19,21). The molecular formula is C17H31N5O2S. The number of rotatable bonds is 7. The van der Waals surface area contributed by atoms with Crippen LogP contribution >= 0.6 is 11.3 Å². The van der Waals surface area contributed by atoms with Crippen LogP contribution in [-0.4, -0.2) is 42.8 Å². The largest absolute Gasteiger partial charge is 0.444 e. The summed E-state index contributed by atoms with van der Waals surface area (Å²) in [4.78, 5) is 20.3. The molecule has 0 radical (unpaired) electrons. The molecule has 25 heavy (non-hydrogen) atoms. The lowest BCUT2D eigenvalue weighted by Gasteiger charge is -2.19. The van der Waals surface area contributed by atoms with Crippen LogP contribution in [0.1, 0.15) is 57.7 Å². The summed E-state index contributed by atoms with van der Waals surface area (Å²) in [6, 6.07) is 0. The number of ether oxygens (including phenoxy) is 1. The van der Waals surface area contributed by atoms with Crippen LogP contribution < -0.4 is 16.0 Å². The third-order valence-electron chi connectivity index (χ3n) is 3.11. The Labute approximate surface area is 154 Å². The highest BCUT2D eigenvalue weighted by Gasteiger charge is 2.15. The van der Waals surface area contributed by atoms with Gasteiger partial charge in [0.2, 0.25) is 0 Å². The van der Waals surface area contributed by atoms with Crippen molar-refractivity contribution < 1.29 is 9.53 Å². The van der Waals surface area contributed by atoms with Crippen molar-refractivity contribution in [2.24, 2.45) is 4.99 Å². The molecule has 0 saturated carbocycles. The maximum absolute atomic E-state index is 11.5. The van der Waals surface area contributed by atoms with Crippen molar-refractivity contribution in [3.8, 4) is 0 Å². The summed E-state index contributed by atoms with van der Waals surface area (Å²) >= 11 is 1.65. The van der Waals surface area contributed by atoms with Crippen LogP contribution in [0.2, 0.25) is 0 Å². The Morgan fingerprint density at radius 3 is 2.52 bits per heavy atom. The Bertz CT molecular complexity index is 564. The molecular weight excluding hydrogens is 338 g/mol. The Morgan fingerprint density at radius 1 is 1.28 bits per heavy atom. The Balaban J connectivity index is 2.21. The highest BCUT2D eigenvalue weighted by molar-refractivity contribution is 7.09. The fraction of sp³-hybridized carbons (Fsp3) is 0.706. The van der Waals surface area contributed by atoms with Crippen LogP contribution in [0, 0.1) is 0 Å². The summed E-state index contributed by atoms with van der Waals surface area (Å²) in [5, 5.41) is 12.3. The highest BCUT2D eigenvalue weighted by Crippen LogP contribution is 2.17. The molecule has 1 aromatic heterocycles. The highest BCUT2D eigenvalue weighted by atomic mass is 32.1. The zero-order valence-corrected chi connectivity index (χ0v) is 16.9. The van der Waals surface area contributed by atoms with E-state index in [9.17, 15) is 4.79 Å². The zero-order valence-electron chi connectivity index (χ0n) is 16.1. The number of carbonyl (C=O) groups is 1. The van der Waals surface area contributed by atoms with Crippen LogP contribution in [0.4, 0.5) is 4.79 Å². The van der Waals surface area contributed by atoms with E-state index in [4.69, 9.17) is 4.74 Å². The van der Waals surface area contributed by atoms with Gasteiger partial charge in [0.15, 0.2) is 5.96 Å². The predicted octanol–water partition coefficient (Wildman–Crippen LogP) is 2.85. The van der Waals surface area contributed by atoms with Crippen molar-refractivity contribution in [1.82, 2.24) is 20.9 Å². The van der Waals surface area contributed by atoms with Crippen molar-refractivity contribution >= 4 is 23.4 Å². The number of aromatic nitrogens is 1. The first-order chi connectivity index (χ1) is 11.7. The summed E-state index contributed by atoms with van der Waals surface area (Å²) in [5.41, 5.74) is 0.650. The summed E-state index contributed by atoms with van der Waals surface area (Å²) in [6.45, 7) is 11.7. The molecule has 0 unspecified atom stereocenters. The van der Waals surface area contributed by atoms with Gasteiger partial charge in [-0.15, -0.1) is 11.3 Å². The first kappa shape index (κ1) is 21.2. The fourth-order valence-electron chi connectivity index (χ4n) is 1.85. The summed E-state index contributed by atoms with van der Waals surface area (Å²) in [6.07, 6.45) is 0.383. The monoisotopic (exact) mass is 369 g/mol. The Morgan fingerprint density at radius 2 is 1.96 bits per heavy atom. The van der Waals surface area contributed by atoms with Crippen molar-refractivity contribution in [2.45, 2.75) is 59.1 Å². The first-order valence-electron chi connectivity index (χ1n) is 8.57. The van der Waals surface area contributed by atoms with Gasteiger partial charge in [0.25, 0.3) is 0 Å². The molecule has 0 fully saturated rings. The SMILES string of the molecule is CN=C(NCCCNC(=O)OC(C)(C)C)NCc1nc(C(C)C)cs1. The van der Waals surface area contributed by atoms with Gasteiger partial charge in [-0.1, -0.05) is 13.8 Å². The van der Waals surface area contributed by atoms with E-state index in [-0.39, 0.29) is 6.09 Å². The third-order valence-corrected chi connectivity index (χ3v) is 3.97. The molecule has 1 rings (SSSR count). The molecule has 142 valence electrons. The lowest BCUT2D eigenvalue weighted by atomic mass is 10.2. The lowest BCUT2D eigenvalue weighted by Crippen LogP contribution is -2.39. The molecule has 0 spiro atoms. The number of aliphatic imine (C=N–C) groups is 1. The average molecular weight is 370 g/mol. The van der Waals surface area contributed by atoms with Crippen molar-refractivity contribution in [2.75, 3.05) is 20.1 Å². The number of nitrogens with zero attached hydrogens (tertiary/aromatic N) is 2. The average Bonchev–Trinajstić information content (AvgIpc) is 2.97. The van der Waals surface area contributed by atoms with Gasteiger partial charge < -0.3 is 20.7 Å². The number of nitrogens with one attached hydrogen (secondary N) is 3. The van der Waals surface area contributed by atoms with E-state index in [0.717, 1.165) is 23.1 Å². The van der Waals surface area contributed by atoms with Gasteiger partial charge in [0, 0.05) is 25.5 Å². The van der Waals surface area contributed by atoms with Crippen molar-refractivity contribution in [3.63, 3.8) is 0 Å². The molecule has 7 nitrogen and oxygen atoms in total.